The lowest BCUT2D eigenvalue weighted by Gasteiger charge is -1.98. The number of benzene rings is 1. The van der Waals surface area contributed by atoms with Gasteiger partial charge in [-0.25, -0.2) is 0 Å². The maximum absolute atomic E-state index is 11.8. The second kappa shape index (κ2) is 3.83. The molecule has 3 rings (SSSR count). The second-order valence-corrected chi connectivity index (χ2v) is 4.46. The van der Waals surface area contributed by atoms with Crippen LogP contribution in [0.15, 0.2) is 24.3 Å². The van der Waals surface area contributed by atoms with Gasteiger partial charge >= 0.3 is 0 Å². The van der Waals surface area contributed by atoms with Crippen molar-refractivity contribution in [2.45, 2.75) is 18.9 Å². The SMILES string of the molecule is O=C(NC1CC1)c1cc2cc([N+](=O)[O-])ccc2[nH]1. The summed E-state index contributed by atoms with van der Waals surface area (Å²) >= 11 is 0. The van der Waals surface area contributed by atoms with Crippen LogP contribution in [0, 0.1) is 10.1 Å². The Labute approximate surface area is 102 Å². The molecule has 1 aliphatic rings. The molecule has 0 atom stereocenters. The lowest BCUT2D eigenvalue weighted by molar-refractivity contribution is -0.384. The predicted octanol–water partition coefficient (Wildman–Crippen LogP) is 1.97. The minimum atomic E-state index is -0.448. The fourth-order valence-electron chi connectivity index (χ4n) is 1.85. The van der Waals surface area contributed by atoms with E-state index in [4.69, 9.17) is 0 Å². The molecule has 0 radical (unpaired) electrons. The van der Waals surface area contributed by atoms with Gasteiger partial charge in [-0.3, -0.25) is 14.9 Å². The van der Waals surface area contributed by atoms with Crippen LogP contribution < -0.4 is 5.32 Å². The molecule has 92 valence electrons. The highest BCUT2D eigenvalue weighted by Crippen LogP contribution is 2.23. The molecular formula is C12H11N3O3. The van der Waals surface area contributed by atoms with E-state index < -0.39 is 4.92 Å². The summed E-state index contributed by atoms with van der Waals surface area (Å²) in [6, 6.07) is 6.42. The predicted molar refractivity (Wildman–Crippen MR) is 65.4 cm³/mol. The van der Waals surface area contributed by atoms with Gasteiger partial charge in [0.2, 0.25) is 0 Å². The fraction of sp³-hybridized carbons (Fsp3) is 0.250. The largest absolute Gasteiger partial charge is 0.351 e. The molecule has 1 aliphatic carbocycles. The van der Waals surface area contributed by atoms with E-state index in [1.165, 1.54) is 12.1 Å². The number of nitro benzene ring substituents is 1. The number of fused-ring (bicyclic) bond motifs is 1. The Balaban J connectivity index is 1.94. The van der Waals surface area contributed by atoms with Crippen LogP contribution in [0.5, 0.6) is 0 Å². The number of carbonyl (C=O) groups excluding carboxylic acids is 1. The van der Waals surface area contributed by atoms with E-state index in [0.717, 1.165) is 18.4 Å². The van der Waals surface area contributed by atoms with E-state index in [0.29, 0.717) is 17.1 Å². The minimum Gasteiger partial charge on any atom is -0.351 e. The van der Waals surface area contributed by atoms with Crippen molar-refractivity contribution < 1.29 is 9.72 Å². The molecule has 1 heterocycles. The topological polar surface area (TPSA) is 88.0 Å². The lowest BCUT2D eigenvalue weighted by Crippen LogP contribution is -2.25. The van der Waals surface area contributed by atoms with Crippen molar-refractivity contribution in [2.75, 3.05) is 0 Å². The van der Waals surface area contributed by atoms with Crippen molar-refractivity contribution in [3.63, 3.8) is 0 Å². The lowest BCUT2D eigenvalue weighted by atomic mass is 10.2. The number of nitrogens with zero attached hydrogens (tertiary/aromatic N) is 1. The minimum absolute atomic E-state index is 0.0238. The number of aromatic nitrogens is 1. The third kappa shape index (κ3) is 1.92. The summed E-state index contributed by atoms with van der Waals surface area (Å²) in [7, 11) is 0. The van der Waals surface area contributed by atoms with Crippen LogP contribution in [0.25, 0.3) is 10.9 Å². The standard InChI is InChI=1S/C12H11N3O3/c16-12(13-8-1-2-8)11-6-7-5-9(15(17)18)3-4-10(7)14-11/h3-6,8,14H,1-2H2,(H,13,16). The highest BCUT2D eigenvalue weighted by Gasteiger charge is 2.24. The van der Waals surface area contributed by atoms with Gasteiger partial charge in [0, 0.05) is 29.1 Å². The molecule has 1 amide bonds. The molecule has 0 saturated heterocycles. The molecule has 6 nitrogen and oxygen atoms in total. The number of hydrogen-bond donors (Lipinski definition) is 2. The fourth-order valence-corrected chi connectivity index (χ4v) is 1.85. The zero-order chi connectivity index (χ0) is 12.7. The van der Waals surface area contributed by atoms with Crippen LogP contribution in [0.3, 0.4) is 0 Å². The molecule has 6 heteroatoms. The molecule has 1 fully saturated rings. The number of non-ortho nitro benzene ring substituents is 1. The van der Waals surface area contributed by atoms with E-state index in [-0.39, 0.29) is 11.6 Å². The smallest absolute Gasteiger partial charge is 0.270 e. The molecular weight excluding hydrogens is 234 g/mol. The van der Waals surface area contributed by atoms with Crippen LogP contribution in [-0.4, -0.2) is 21.9 Å². The summed E-state index contributed by atoms with van der Waals surface area (Å²) in [5, 5.41) is 14.2. The number of nitro groups is 1. The molecule has 18 heavy (non-hydrogen) atoms. The Kier molecular flexibility index (Phi) is 2.29. The van der Waals surface area contributed by atoms with Crippen molar-refractivity contribution in [1.82, 2.24) is 10.3 Å². The van der Waals surface area contributed by atoms with Gasteiger partial charge in [0.05, 0.1) is 4.92 Å². The van der Waals surface area contributed by atoms with Crippen LogP contribution >= 0.6 is 0 Å². The molecule has 0 aliphatic heterocycles. The quantitative estimate of drug-likeness (QED) is 0.640. The zero-order valence-corrected chi connectivity index (χ0v) is 9.47. The van der Waals surface area contributed by atoms with Gasteiger partial charge in [0.15, 0.2) is 0 Å². The first-order chi connectivity index (χ1) is 8.63. The number of H-pyrrole nitrogens is 1. The highest BCUT2D eigenvalue weighted by atomic mass is 16.6. The number of amides is 1. The van der Waals surface area contributed by atoms with Crippen molar-refractivity contribution in [2.24, 2.45) is 0 Å². The van der Waals surface area contributed by atoms with E-state index >= 15 is 0 Å². The molecule has 0 spiro atoms. The van der Waals surface area contributed by atoms with Gasteiger partial charge < -0.3 is 10.3 Å². The first kappa shape index (κ1) is 10.8. The van der Waals surface area contributed by atoms with Crippen molar-refractivity contribution in [3.05, 3.63) is 40.1 Å². The van der Waals surface area contributed by atoms with E-state index in [1.807, 2.05) is 0 Å². The Morgan fingerprint density at radius 1 is 1.39 bits per heavy atom. The van der Waals surface area contributed by atoms with Gasteiger partial charge in [-0.2, -0.15) is 0 Å². The third-order valence-electron chi connectivity index (χ3n) is 2.97. The summed E-state index contributed by atoms with van der Waals surface area (Å²) < 4.78 is 0. The van der Waals surface area contributed by atoms with Crippen LogP contribution in [0.2, 0.25) is 0 Å². The summed E-state index contributed by atoms with van der Waals surface area (Å²) in [4.78, 5) is 25.0. The maximum atomic E-state index is 11.8. The molecule has 1 saturated carbocycles. The number of hydrogen-bond acceptors (Lipinski definition) is 3. The van der Waals surface area contributed by atoms with Crippen LogP contribution in [0.1, 0.15) is 23.3 Å². The normalized spacial score (nSPS) is 14.7. The molecule has 2 aromatic rings. The summed E-state index contributed by atoms with van der Waals surface area (Å²) in [5.74, 6) is -0.156. The Morgan fingerprint density at radius 2 is 2.17 bits per heavy atom. The third-order valence-corrected chi connectivity index (χ3v) is 2.97. The zero-order valence-electron chi connectivity index (χ0n) is 9.47. The van der Waals surface area contributed by atoms with Gasteiger partial charge in [0.1, 0.15) is 5.69 Å². The maximum Gasteiger partial charge on any atom is 0.270 e. The average molecular weight is 245 g/mol. The van der Waals surface area contributed by atoms with Gasteiger partial charge in [-0.05, 0) is 25.0 Å². The number of rotatable bonds is 3. The van der Waals surface area contributed by atoms with E-state index in [2.05, 4.69) is 10.3 Å². The highest BCUT2D eigenvalue weighted by molar-refractivity contribution is 5.98. The molecule has 0 unspecified atom stereocenters. The van der Waals surface area contributed by atoms with E-state index in [9.17, 15) is 14.9 Å². The number of carbonyl (C=O) groups is 1. The first-order valence-electron chi connectivity index (χ1n) is 5.71. The summed E-state index contributed by atoms with van der Waals surface area (Å²) in [6.45, 7) is 0. The van der Waals surface area contributed by atoms with Crippen LogP contribution in [0.4, 0.5) is 5.69 Å². The molecule has 1 aromatic heterocycles. The summed E-state index contributed by atoms with van der Waals surface area (Å²) in [5.41, 5.74) is 1.19. The van der Waals surface area contributed by atoms with Gasteiger partial charge in [-0.15, -0.1) is 0 Å². The van der Waals surface area contributed by atoms with Gasteiger partial charge in [-0.1, -0.05) is 0 Å². The first-order valence-corrected chi connectivity index (χ1v) is 5.71. The number of aromatic amines is 1. The monoisotopic (exact) mass is 245 g/mol. The average Bonchev–Trinajstić information content (AvgIpc) is 3.04. The molecule has 1 aromatic carbocycles. The van der Waals surface area contributed by atoms with Crippen molar-refractivity contribution in [3.8, 4) is 0 Å². The molecule has 0 bridgehead atoms. The molecule has 2 N–H and O–H groups in total. The van der Waals surface area contributed by atoms with Crippen molar-refractivity contribution in [1.29, 1.82) is 0 Å². The Morgan fingerprint density at radius 3 is 2.83 bits per heavy atom. The Hall–Kier alpha value is -2.37. The van der Waals surface area contributed by atoms with Crippen LogP contribution in [-0.2, 0) is 0 Å². The summed E-state index contributed by atoms with van der Waals surface area (Å²) in [6.07, 6.45) is 2.05. The number of nitrogens with one attached hydrogen (secondary N) is 2. The Bertz CT molecular complexity index is 643. The van der Waals surface area contributed by atoms with E-state index in [1.54, 1.807) is 12.1 Å². The second-order valence-electron chi connectivity index (χ2n) is 4.46. The van der Waals surface area contributed by atoms with Crippen molar-refractivity contribution >= 4 is 22.5 Å². The van der Waals surface area contributed by atoms with Gasteiger partial charge in [0.25, 0.3) is 11.6 Å².